The van der Waals surface area contributed by atoms with Crippen molar-refractivity contribution in [1.29, 1.82) is 0 Å². The minimum Gasteiger partial charge on any atom is -0.490 e. The lowest BCUT2D eigenvalue weighted by atomic mass is 10.1. The molecule has 1 heterocycles. The largest absolute Gasteiger partial charge is 0.490 e. The van der Waals surface area contributed by atoms with E-state index in [9.17, 15) is 19.3 Å². The zero-order chi connectivity index (χ0) is 21.0. The highest BCUT2D eigenvalue weighted by atomic mass is 19.1. The molecular formula is C20H24FN4O4+. The number of aryl methyl sites for hydroxylation is 1. The smallest absolute Gasteiger partial charge is 0.311 e. The summed E-state index contributed by atoms with van der Waals surface area (Å²) in [6.07, 6.45) is 0. The Balaban J connectivity index is 1.56. The third kappa shape index (κ3) is 5.00. The van der Waals surface area contributed by atoms with Gasteiger partial charge in [0.25, 0.3) is 5.91 Å². The predicted octanol–water partition coefficient (Wildman–Crippen LogP) is 1.39. The Morgan fingerprint density at radius 3 is 2.52 bits per heavy atom. The molecule has 0 spiro atoms. The number of nitrogens with zero attached hydrogens (tertiary/aromatic N) is 2. The fourth-order valence-electron chi connectivity index (χ4n) is 3.44. The summed E-state index contributed by atoms with van der Waals surface area (Å²) in [6, 6.07) is 9.29. The number of piperazine rings is 1. The highest BCUT2D eigenvalue weighted by Gasteiger charge is 2.24. The van der Waals surface area contributed by atoms with Crippen LogP contribution in [0.25, 0.3) is 0 Å². The van der Waals surface area contributed by atoms with Crippen molar-refractivity contribution >= 4 is 23.0 Å². The number of benzene rings is 2. The van der Waals surface area contributed by atoms with Gasteiger partial charge in [0.2, 0.25) is 0 Å². The summed E-state index contributed by atoms with van der Waals surface area (Å²) in [7, 11) is 1.36. The van der Waals surface area contributed by atoms with Gasteiger partial charge in [-0.05, 0) is 36.8 Å². The van der Waals surface area contributed by atoms with Gasteiger partial charge in [-0.2, -0.15) is 0 Å². The number of halogens is 1. The Hall–Kier alpha value is -3.20. The van der Waals surface area contributed by atoms with Crippen LogP contribution in [0.5, 0.6) is 5.75 Å². The number of hydrogen-bond acceptors (Lipinski definition) is 5. The molecule has 0 unspecified atom stereocenters. The summed E-state index contributed by atoms with van der Waals surface area (Å²) >= 11 is 0. The van der Waals surface area contributed by atoms with Gasteiger partial charge >= 0.3 is 5.69 Å². The summed E-state index contributed by atoms with van der Waals surface area (Å²) in [6.45, 7) is 5.13. The zero-order valence-corrected chi connectivity index (χ0v) is 16.4. The van der Waals surface area contributed by atoms with Crippen molar-refractivity contribution in [1.82, 2.24) is 0 Å². The molecule has 1 saturated heterocycles. The number of amides is 1. The zero-order valence-electron chi connectivity index (χ0n) is 16.4. The third-order valence-electron chi connectivity index (χ3n) is 5.07. The van der Waals surface area contributed by atoms with Gasteiger partial charge in [-0.25, -0.2) is 4.39 Å². The van der Waals surface area contributed by atoms with Gasteiger partial charge < -0.3 is 19.9 Å². The summed E-state index contributed by atoms with van der Waals surface area (Å²) in [4.78, 5) is 26.4. The molecule has 29 heavy (non-hydrogen) atoms. The number of carbonyl (C=O) groups is 1. The molecule has 0 saturated carbocycles. The lowest BCUT2D eigenvalue weighted by molar-refractivity contribution is -0.892. The van der Waals surface area contributed by atoms with E-state index in [1.54, 1.807) is 19.1 Å². The average molecular weight is 403 g/mol. The lowest BCUT2D eigenvalue weighted by Gasteiger charge is -2.33. The molecule has 2 N–H and O–H groups in total. The first-order chi connectivity index (χ1) is 13.9. The number of nitro benzene ring substituents is 1. The molecular weight excluding hydrogens is 379 g/mol. The number of rotatable bonds is 6. The van der Waals surface area contributed by atoms with Gasteiger partial charge in [-0.15, -0.1) is 0 Å². The SMILES string of the molecule is COc1cc(NC(=O)C[NH+]2CCN(c3ccc(F)cc3)CC2)c(C)cc1[N+](=O)[O-]. The number of quaternary nitrogens is 1. The maximum absolute atomic E-state index is 13.1. The van der Waals surface area contributed by atoms with Crippen molar-refractivity contribution < 1.29 is 23.7 Å². The number of anilines is 2. The molecule has 0 atom stereocenters. The molecule has 2 aromatic rings. The summed E-state index contributed by atoms with van der Waals surface area (Å²) in [5.74, 6) is -0.307. The van der Waals surface area contributed by atoms with Crippen LogP contribution in [0.1, 0.15) is 5.56 Å². The van der Waals surface area contributed by atoms with Gasteiger partial charge in [0, 0.05) is 23.5 Å². The van der Waals surface area contributed by atoms with E-state index < -0.39 is 4.92 Å². The van der Waals surface area contributed by atoms with Gasteiger partial charge in [0.05, 0.1) is 38.2 Å². The standard InChI is InChI=1S/C20H23FN4O4/c1-14-11-18(25(27)28)19(29-2)12-17(14)22-20(26)13-23-7-9-24(10-8-23)16-5-3-15(21)4-6-16/h3-6,11-12H,7-10,13H2,1-2H3,(H,22,26)/p+1. The summed E-state index contributed by atoms with van der Waals surface area (Å²) in [5.41, 5.74) is 1.94. The Bertz CT molecular complexity index is 896. The molecule has 3 rings (SSSR count). The molecule has 2 aromatic carbocycles. The quantitative estimate of drug-likeness (QED) is 0.562. The first kappa shape index (κ1) is 20.5. The van der Waals surface area contributed by atoms with E-state index in [4.69, 9.17) is 4.74 Å². The number of carbonyl (C=O) groups excluding carboxylic acids is 1. The first-order valence-electron chi connectivity index (χ1n) is 9.34. The Kier molecular flexibility index (Phi) is 6.28. The molecule has 9 heteroatoms. The van der Waals surface area contributed by atoms with Crippen molar-refractivity contribution in [2.24, 2.45) is 0 Å². The topological polar surface area (TPSA) is 89.2 Å². The molecule has 154 valence electrons. The molecule has 0 aliphatic carbocycles. The Morgan fingerprint density at radius 1 is 1.28 bits per heavy atom. The van der Waals surface area contributed by atoms with Gasteiger partial charge in [-0.3, -0.25) is 14.9 Å². The van der Waals surface area contributed by atoms with E-state index in [1.807, 2.05) is 0 Å². The van der Waals surface area contributed by atoms with Crippen LogP contribution in [0.2, 0.25) is 0 Å². The lowest BCUT2D eigenvalue weighted by Crippen LogP contribution is -3.15. The summed E-state index contributed by atoms with van der Waals surface area (Å²) < 4.78 is 18.1. The predicted molar refractivity (Wildman–Crippen MR) is 107 cm³/mol. The molecule has 0 aromatic heterocycles. The highest BCUT2D eigenvalue weighted by molar-refractivity contribution is 5.92. The van der Waals surface area contributed by atoms with Crippen molar-refractivity contribution in [2.75, 3.05) is 50.1 Å². The van der Waals surface area contributed by atoms with Crippen molar-refractivity contribution in [3.63, 3.8) is 0 Å². The Labute approximate surface area is 168 Å². The molecule has 1 fully saturated rings. The minimum absolute atomic E-state index is 0.108. The molecule has 1 amide bonds. The van der Waals surface area contributed by atoms with E-state index >= 15 is 0 Å². The number of methoxy groups -OCH3 is 1. The molecule has 8 nitrogen and oxygen atoms in total. The van der Waals surface area contributed by atoms with Gasteiger partial charge in [0.15, 0.2) is 12.3 Å². The van der Waals surface area contributed by atoms with Crippen molar-refractivity contribution in [2.45, 2.75) is 6.92 Å². The molecule has 0 radical (unpaired) electrons. The normalized spacial score (nSPS) is 14.5. The van der Waals surface area contributed by atoms with E-state index in [0.29, 0.717) is 17.8 Å². The van der Waals surface area contributed by atoms with Crippen molar-refractivity contribution in [3.8, 4) is 5.75 Å². The van der Waals surface area contributed by atoms with Gasteiger partial charge in [0.1, 0.15) is 5.82 Å². The second-order valence-electron chi connectivity index (χ2n) is 7.03. The fourth-order valence-corrected chi connectivity index (χ4v) is 3.44. The van der Waals surface area contributed by atoms with Crippen LogP contribution in [0.15, 0.2) is 36.4 Å². The van der Waals surface area contributed by atoms with Crippen molar-refractivity contribution in [3.05, 3.63) is 57.9 Å². The molecule has 1 aliphatic heterocycles. The van der Waals surface area contributed by atoms with Crippen LogP contribution in [0.4, 0.5) is 21.5 Å². The van der Waals surface area contributed by atoms with Crippen LogP contribution in [-0.4, -0.2) is 50.7 Å². The fraction of sp³-hybridized carbons (Fsp3) is 0.350. The van der Waals surface area contributed by atoms with E-state index in [2.05, 4.69) is 10.2 Å². The average Bonchev–Trinajstić information content (AvgIpc) is 2.70. The second-order valence-corrected chi connectivity index (χ2v) is 7.03. The maximum Gasteiger partial charge on any atom is 0.311 e. The Morgan fingerprint density at radius 2 is 1.93 bits per heavy atom. The molecule has 1 aliphatic rings. The minimum atomic E-state index is -0.512. The number of nitrogens with one attached hydrogen (secondary N) is 2. The first-order valence-corrected chi connectivity index (χ1v) is 9.34. The van der Waals surface area contributed by atoms with Crippen LogP contribution < -0.4 is 19.9 Å². The van der Waals surface area contributed by atoms with E-state index in [0.717, 1.165) is 36.8 Å². The number of nitro groups is 1. The van der Waals surface area contributed by atoms with Crippen LogP contribution >= 0.6 is 0 Å². The molecule has 0 bridgehead atoms. The summed E-state index contributed by atoms with van der Waals surface area (Å²) in [5, 5.41) is 13.9. The van der Waals surface area contributed by atoms with Crippen LogP contribution in [-0.2, 0) is 4.79 Å². The van der Waals surface area contributed by atoms with Crippen LogP contribution in [0, 0.1) is 22.9 Å². The van der Waals surface area contributed by atoms with E-state index in [-0.39, 0.29) is 23.2 Å². The highest BCUT2D eigenvalue weighted by Crippen LogP contribution is 2.32. The second kappa shape index (κ2) is 8.87. The monoisotopic (exact) mass is 403 g/mol. The maximum atomic E-state index is 13.1. The van der Waals surface area contributed by atoms with Crippen LogP contribution in [0.3, 0.4) is 0 Å². The third-order valence-corrected chi connectivity index (χ3v) is 5.07. The van der Waals surface area contributed by atoms with Gasteiger partial charge in [-0.1, -0.05) is 0 Å². The number of ether oxygens (including phenoxy) is 1. The van der Waals surface area contributed by atoms with E-state index in [1.165, 1.54) is 31.4 Å². The number of hydrogen-bond donors (Lipinski definition) is 2.